The third kappa shape index (κ3) is 5.63. The van der Waals surface area contributed by atoms with Crippen LogP contribution >= 0.6 is 0 Å². The van der Waals surface area contributed by atoms with Gasteiger partial charge in [-0.2, -0.15) is 0 Å². The van der Waals surface area contributed by atoms with Crippen molar-refractivity contribution in [1.82, 2.24) is 16.0 Å². The van der Waals surface area contributed by atoms with Crippen LogP contribution in [0, 0.1) is 0 Å². The highest BCUT2D eigenvalue weighted by molar-refractivity contribution is 5.71. The van der Waals surface area contributed by atoms with Crippen LogP contribution in [0.15, 0.2) is 0 Å². The van der Waals surface area contributed by atoms with Gasteiger partial charge in [0.15, 0.2) is 0 Å². The molecule has 0 unspecified atom stereocenters. The van der Waals surface area contributed by atoms with Crippen molar-refractivity contribution >= 4 is 6.03 Å². The minimum atomic E-state index is -0.476. The zero-order valence-electron chi connectivity index (χ0n) is 6.98. The Bertz CT molecular complexity index is 113. The zero-order chi connectivity index (χ0) is 8.69. The van der Waals surface area contributed by atoms with E-state index in [0.29, 0.717) is 6.54 Å². The molecule has 0 bridgehead atoms. The quantitative estimate of drug-likeness (QED) is 0.382. The molecule has 0 aliphatic carbocycles. The lowest BCUT2D eigenvalue weighted by Crippen LogP contribution is -2.41. The summed E-state index contributed by atoms with van der Waals surface area (Å²) >= 11 is 0. The fourth-order valence-electron chi connectivity index (χ4n) is 0.773. The molecule has 0 saturated carbocycles. The predicted molar refractivity (Wildman–Crippen MR) is 44.1 cm³/mol. The standard InChI is InChI=1S/C6H16N4O/c1-8-5(9-2)3-4-10-6(7)11/h5,8-9H,3-4H2,1-2H3,(H3,7,10,11). The molecule has 2 amide bonds. The van der Waals surface area contributed by atoms with Gasteiger partial charge in [-0.25, -0.2) is 4.79 Å². The van der Waals surface area contributed by atoms with E-state index in [-0.39, 0.29) is 6.17 Å². The van der Waals surface area contributed by atoms with Crippen LogP contribution in [0.5, 0.6) is 0 Å². The van der Waals surface area contributed by atoms with Crippen LogP contribution in [0.1, 0.15) is 6.42 Å². The van der Waals surface area contributed by atoms with E-state index < -0.39 is 6.03 Å². The van der Waals surface area contributed by atoms with E-state index in [1.54, 1.807) is 0 Å². The summed E-state index contributed by atoms with van der Waals surface area (Å²) in [6.07, 6.45) is 1.04. The molecule has 11 heavy (non-hydrogen) atoms. The highest BCUT2D eigenvalue weighted by Crippen LogP contribution is 1.81. The second kappa shape index (κ2) is 5.94. The Morgan fingerprint density at radius 1 is 1.45 bits per heavy atom. The van der Waals surface area contributed by atoms with Crippen LogP contribution in [-0.2, 0) is 0 Å². The molecule has 0 aromatic heterocycles. The van der Waals surface area contributed by atoms with Gasteiger partial charge in [0.25, 0.3) is 0 Å². The lowest BCUT2D eigenvalue weighted by molar-refractivity contribution is 0.248. The molecule has 5 heteroatoms. The van der Waals surface area contributed by atoms with Gasteiger partial charge in [0.2, 0.25) is 0 Å². The Balaban J connectivity index is 3.28. The first kappa shape index (κ1) is 10.2. The monoisotopic (exact) mass is 160 g/mol. The molecule has 0 fully saturated rings. The van der Waals surface area contributed by atoms with Gasteiger partial charge < -0.3 is 21.7 Å². The molecule has 0 spiro atoms. The zero-order valence-corrected chi connectivity index (χ0v) is 6.98. The number of urea groups is 1. The van der Waals surface area contributed by atoms with E-state index in [1.165, 1.54) is 0 Å². The lowest BCUT2D eigenvalue weighted by Gasteiger charge is -2.14. The maximum atomic E-state index is 10.2. The number of nitrogens with two attached hydrogens (primary N) is 1. The Kier molecular flexibility index (Phi) is 5.50. The third-order valence-electron chi connectivity index (χ3n) is 1.43. The smallest absolute Gasteiger partial charge is 0.312 e. The van der Waals surface area contributed by atoms with Gasteiger partial charge in [0.1, 0.15) is 0 Å². The summed E-state index contributed by atoms with van der Waals surface area (Å²) in [5, 5.41) is 8.55. The van der Waals surface area contributed by atoms with Crippen LogP contribution in [0.25, 0.3) is 0 Å². The molecular weight excluding hydrogens is 144 g/mol. The minimum Gasteiger partial charge on any atom is -0.352 e. The molecule has 0 atom stereocenters. The molecule has 66 valence electrons. The molecule has 0 saturated heterocycles. The maximum Gasteiger partial charge on any atom is 0.312 e. The van der Waals surface area contributed by atoms with E-state index in [4.69, 9.17) is 5.73 Å². The number of primary amides is 1. The summed E-state index contributed by atoms with van der Waals surface area (Å²) in [5.41, 5.74) is 4.87. The van der Waals surface area contributed by atoms with Crippen molar-refractivity contribution in [3.05, 3.63) is 0 Å². The highest BCUT2D eigenvalue weighted by atomic mass is 16.2. The predicted octanol–water partition coefficient (Wildman–Crippen LogP) is -1.19. The van der Waals surface area contributed by atoms with Crippen molar-refractivity contribution in [1.29, 1.82) is 0 Å². The molecule has 5 N–H and O–H groups in total. The molecule has 0 heterocycles. The largest absolute Gasteiger partial charge is 0.352 e. The summed E-state index contributed by atoms with van der Waals surface area (Å²) in [6, 6.07) is -0.476. The number of carbonyl (C=O) groups is 1. The van der Waals surface area contributed by atoms with E-state index in [1.807, 2.05) is 14.1 Å². The first-order valence-corrected chi connectivity index (χ1v) is 3.58. The molecule has 0 radical (unpaired) electrons. The first-order valence-electron chi connectivity index (χ1n) is 3.58. The van der Waals surface area contributed by atoms with Crippen LogP contribution < -0.4 is 21.7 Å². The Labute approximate surface area is 66.7 Å². The molecule has 5 nitrogen and oxygen atoms in total. The van der Waals surface area contributed by atoms with Crippen molar-refractivity contribution in [2.75, 3.05) is 20.6 Å². The number of amides is 2. The minimum absolute atomic E-state index is 0.224. The van der Waals surface area contributed by atoms with E-state index in [9.17, 15) is 4.79 Å². The number of rotatable bonds is 5. The number of nitrogens with one attached hydrogen (secondary N) is 3. The Morgan fingerprint density at radius 2 is 2.00 bits per heavy atom. The van der Waals surface area contributed by atoms with Gasteiger partial charge in [-0.3, -0.25) is 0 Å². The summed E-state index contributed by atoms with van der Waals surface area (Å²) in [5.74, 6) is 0. The second-order valence-corrected chi connectivity index (χ2v) is 2.21. The van der Waals surface area contributed by atoms with Crippen molar-refractivity contribution in [3.8, 4) is 0 Å². The SMILES string of the molecule is CNC(CCNC(N)=O)NC. The molecular formula is C6H16N4O. The van der Waals surface area contributed by atoms with Crippen molar-refractivity contribution in [3.63, 3.8) is 0 Å². The van der Waals surface area contributed by atoms with Crippen LogP contribution in [0.4, 0.5) is 4.79 Å². The third-order valence-corrected chi connectivity index (χ3v) is 1.43. The molecule has 0 aromatic carbocycles. The molecule has 0 rings (SSSR count). The Hall–Kier alpha value is -0.810. The molecule has 0 aliphatic heterocycles. The fraction of sp³-hybridized carbons (Fsp3) is 0.833. The summed E-state index contributed by atoms with van der Waals surface area (Å²) in [4.78, 5) is 10.2. The average molecular weight is 160 g/mol. The van der Waals surface area contributed by atoms with E-state index in [0.717, 1.165) is 6.42 Å². The first-order chi connectivity index (χ1) is 5.20. The lowest BCUT2D eigenvalue weighted by atomic mass is 10.3. The van der Waals surface area contributed by atoms with Gasteiger partial charge in [-0.15, -0.1) is 0 Å². The average Bonchev–Trinajstić information content (AvgIpc) is 1.98. The van der Waals surface area contributed by atoms with Gasteiger partial charge in [0, 0.05) is 6.54 Å². The van der Waals surface area contributed by atoms with Gasteiger partial charge in [-0.1, -0.05) is 0 Å². The van der Waals surface area contributed by atoms with Crippen molar-refractivity contribution in [2.45, 2.75) is 12.6 Å². The summed E-state index contributed by atoms with van der Waals surface area (Å²) in [6.45, 7) is 0.585. The fourth-order valence-corrected chi connectivity index (χ4v) is 0.773. The Morgan fingerprint density at radius 3 is 2.36 bits per heavy atom. The number of carbonyl (C=O) groups excluding carboxylic acids is 1. The second-order valence-electron chi connectivity index (χ2n) is 2.21. The van der Waals surface area contributed by atoms with Crippen LogP contribution in [0.3, 0.4) is 0 Å². The van der Waals surface area contributed by atoms with Crippen molar-refractivity contribution < 1.29 is 4.79 Å². The normalized spacial score (nSPS) is 10.1. The van der Waals surface area contributed by atoms with Crippen molar-refractivity contribution in [2.24, 2.45) is 5.73 Å². The maximum absolute atomic E-state index is 10.2. The van der Waals surface area contributed by atoms with Gasteiger partial charge in [-0.05, 0) is 20.5 Å². The highest BCUT2D eigenvalue weighted by Gasteiger charge is 2.00. The molecule has 0 aliphatic rings. The molecule has 0 aromatic rings. The van der Waals surface area contributed by atoms with E-state index in [2.05, 4.69) is 16.0 Å². The van der Waals surface area contributed by atoms with E-state index >= 15 is 0 Å². The van der Waals surface area contributed by atoms with Gasteiger partial charge in [0.05, 0.1) is 6.17 Å². The number of hydrogen-bond acceptors (Lipinski definition) is 3. The summed E-state index contributed by atoms with van der Waals surface area (Å²) in [7, 11) is 3.71. The van der Waals surface area contributed by atoms with Gasteiger partial charge >= 0.3 is 6.03 Å². The summed E-state index contributed by atoms with van der Waals surface area (Å²) < 4.78 is 0. The van der Waals surface area contributed by atoms with Crippen LogP contribution in [-0.4, -0.2) is 32.8 Å². The number of hydrogen-bond donors (Lipinski definition) is 4. The van der Waals surface area contributed by atoms with Crippen LogP contribution in [0.2, 0.25) is 0 Å². The topological polar surface area (TPSA) is 79.2 Å².